The average molecular weight is 338 g/mol. The predicted molar refractivity (Wildman–Crippen MR) is 95.9 cm³/mol. The van der Waals surface area contributed by atoms with Gasteiger partial charge in [0.25, 0.3) is 0 Å². The first-order valence-corrected chi connectivity index (χ1v) is 9.28. The second-order valence-corrected chi connectivity index (χ2v) is 8.27. The van der Waals surface area contributed by atoms with Gasteiger partial charge in [-0.25, -0.2) is 4.79 Å². The molecule has 0 aromatic rings. The first-order chi connectivity index (χ1) is 11.2. The minimum atomic E-state index is -0.0817. The summed E-state index contributed by atoms with van der Waals surface area (Å²) in [5.74, 6) is 0.242. The van der Waals surface area contributed by atoms with E-state index < -0.39 is 0 Å². The highest BCUT2D eigenvalue weighted by Gasteiger charge is 2.31. The molecule has 2 saturated heterocycles. The standard InChI is InChI=1S/C18H34N4O2/c1-14(16(23)21-8-6-7-9-21)20-10-12-22(13-11-20)17(24)19-15(2)18(3,4)5/h14-15H,6-13H2,1-5H3,(H,19,24)/t14-,15+/m0/s1. The van der Waals surface area contributed by atoms with E-state index in [1.54, 1.807) is 0 Å². The Bertz CT molecular complexity index is 446. The van der Waals surface area contributed by atoms with Crippen LogP contribution in [0.1, 0.15) is 47.5 Å². The number of nitrogens with one attached hydrogen (secondary N) is 1. The molecule has 0 aliphatic carbocycles. The molecule has 0 aromatic carbocycles. The normalized spacial score (nSPS) is 22.4. The van der Waals surface area contributed by atoms with Gasteiger partial charge in [0.2, 0.25) is 5.91 Å². The monoisotopic (exact) mass is 338 g/mol. The third kappa shape index (κ3) is 4.62. The molecule has 2 fully saturated rings. The molecule has 2 rings (SSSR count). The number of rotatable bonds is 3. The van der Waals surface area contributed by atoms with Crippen molar-refractivity contribution in [1.29, 1.82) is 0 Å². The lowest BCUT2D eigenvalue weighted by molar-refractivity contribution is -0.135. The van der Waals surface area contributed by atoms with Gasteiger partial charge in [0.1, 0.15) is 0 Å². The van der Waals surface area contributed by atoms with Crippen LogP contribution < -0.4 is 5.32 Å². The first kappa shape index (κ1) is 19.0. The summed E-state index contributed by atoms with van der Waals surface area (Å²) in [4.78, 5) is 31.0. The van der Waals surface area contributed by atoms with E-state index in [1.165, 1.54) is 0 Å². The fraction of sp³-hybridized carbons (Fsp3) is 0.889. The molecule has 24 heavy (non-hydrogen) atoms. The van der Waals surface area contributed by atoms with Crippen LogP contribution in [0.5, 0.6) is 0 Å². The highest BCUT2D eigenvalue weighted by atomic mass is 16.2. The van der Waals surface area contributed by atoms with Gasteiger partial charge < -0.3 is 15.1 Å². The maximum absolute atomic E-state index is 12.5. The Morgan fingerprint density at radius 1 is 0.875 bits per heavy atom. The van der Waals surface area contributed by atoms with E-state index in [4.69, 9.17) is 0 Å². The lowest BCUT2D eigenvalue weighted by atomic mass is 9.88. The fourth-order valence-electron chi connectivity index (χ4n) is 3.16. The number of urea groups is 1. The van der Waals surface area contributed by atoms with Crippen LogP contribution in [-0.4, -0.2) is 78.0 Å². The lowest BCUT2D eigenvalue weighted by Crippen LogP contribution is -2.58. The van der Waals surface area contributed by atoms with Gasteiger partial charge in [-0.1, -0.05) is 20.8 Å². The summed E-state index contributed by atoms with van der Waals surface area (Å²) in [5, 5.41) is 3.09. The lowest BCUT2D eigenvalue weighted by Gasteiger charge is -2.39. The summed E-state index contributed by atoms with van der Waals surface area (Å²) in [6, 6.07) is 0.0519. The van der Waals surface area contributed by atoms with Crippen molar-refractivity contribution in [3.63, 3.8) is 0 Å². The topological polar surface area (TPSA) is 55.9 Å². The predicted octanol–water partition coefficient (Wildman–Crippen LogP) is 1.76. The number of piperazine rings is 1. The summed E-state index contributed by atoms with van der Waals surface area (Å²) >= 11 is 0. The Balaban J connectivity index is 1.80. The van der Waals surface area contributed by atoms with Crippen molar-refractivity contribution in [2.24, 2.45) is 5.41 Å². The zero-order chi connectivity index (χ0) is 17.9. The Hall–Kier alpha value is -1.30. The quantitative estimate of drug-likeness (QED) is 0.853. The molecule has 2 aliphatic heterocycles. The van der Waals surface area contributed by atoms with Crippen LogP contribution in [0.15, 0.2) is 0 Å². The second-order valence-electron chi connectivity index (χ2n) is 8.27. The molecule has 6 nitrogen and oxygen atoms in total. The zero-order valence-corrected chi connectivity index (χ0v) is 16.0. The maximum atomic E-state index is 12.5. The van der Waals surface area contributed by atoms with Crippen LogP contribution in [0, 0.1) is 5.41 Å². The molecule has 1 N–H and O–H groups in total. The van der Waals surface area contributed by atoms with E-state index >= 15 is 0 Å². The molecule has 2 atom stereocenters. The van der Waals surface area contributed by atoms with E-state index in [9.17, 15) is 9.59 Å². The van der Waals surface area contributed by atoms with Crippen molar-refractivity contribution in [3.05, 3.63) is 0 Å². The molecule has 0 saturated carbocycles. The number of carbonyl (C=O) groups excluding carboxylic acids is 2. The van der Waals surface area contributed by atoms with Crippen molar-refractivity contribution in [3.8, 4) is 0 Å². The van der Waals surface area contributed by atoms with Crippen LogP contribution >= 0.6 is 0 Å². The smallest absolute Gasteiger partial charge is 0.317 e. The number of hydrogen-bond donors (Lipinski definition) is 1. The van der Waals surface area contributed by atoms with Gasteiger partial charge >= 0.3 is 6.03 Å². The molecule has 0 radical (unpaired) electrons. The first-order valence-electron chi connectivity index (χ1n) is 9.28. The van der Waals surface area contributed by atoms with Crippen molar-refractivity contribution in [2.75, 3.05) is 39.3 Å². The van der Waals surface area contributed by atoms with Crippen LogP contribution in [0.25, 0.3) is 0 Å². The van der Waals surface area contributed by atoms with E-state index in [0.717, 1.165) is 39.0 Å². The third-order valence-electron chi connectivity index (χ3n) is 5.56. The van der Waals surface area contributed by atoms with Crippen LogP contribution in [-0.2, 0) is 4.79 Å². The average Bonchev–Trinajstić information content (AvgIpc) is 3.07. The molecule has 6 heteroatoms. The highest BCUT2D eigenvalue weighted by Crippen LogP contribution is 2.19. The third-order valence-corrected chi connectivity index (χ3v) is 5.56. The number of hydrogen-bond acceptors (Lipinski definition) is 3. The summed E-state index contributed by atoms with van der Waals surface area (Å²) in [6.45, 7) is 15.1. The summed E-state index contributed by atoms with van der Waals surface area (Å²) in [7, 11) is 0. The Kier molecular flexibility index (Phi) is 6.12. The van der Waals surface area contributed by atoms with Crippen molar-refractivity contribution in [1.82, 2.24) is 20.0 Å². The molecule has 138 valence electrons. The largest absolute Gasteiger partial charge is 0.341 e. The van der Waals surface area contributed by atoms with Crippen molar-refractivity contribution in [2.45, 2.75) is 59.5 Å². The molecule has 2 heterocycles. The Morgan fingerprint density at radius 3 is 1.92 bits per heavy atom. The van der Waals surface area contributed by atoms with Gasteiger partial charge in [0.15, 0.2) is 0 Å². The fourth-order valence-corrected chi connectivity index (χ4v) is 3.16. The summed E-state index contributed by atoms with van der Waals surface area (Å²) < 4.78 is 0. The molecule has 0 aromatic heterocycles. The van der Waals surface area contributed by atoms with Gasteiger partial charge in [-0.2, -0.15) is 0 Å². The molecule has 0 bridgehead atoms. The Labute approximate surface area is 146 Å². The highest BCUT2D eigenvalue weighted by molar-refractivity contribution is 5.81. The van der Waals surface area contributed by atoms with Gasteiger partial charge in [0, 0.05) is 45.3 Å². The van der Waals surface area contributed by atoms with E-state index in [1.807, 2.05) is 23.6 Å². The van der Waals surface area contributed by atoms with Gasteiger partial charge in [-0.3, -0.25) is 9.69 Å². The molecule has 0 unspecified atom stereocenters. The minimum Gasteiger partial charge on any atom is -0.341 e. The summed E-state index contributed by atoms with van der Waals surface area (Å²) in [5.41, 5.74) is 0.0497. The molecular weight excluding hydrogens is 304 g/mol. The van der Waals surface area contributed by atoms with Gasteiger partial charge in [-0.05, 0) is 32.1 Å². The van der Waals surface area contributed by atoms with Crippen LogP contribution in [0.3, 0.4) is 0 Å². The molecule has 0 spiro atoms. The molecule has 3 amide bonds. The summed E-state index contributed by atoms with van der Waals surface area (Å²) in [6.07, 6.45) is 2.25. The zero-order valence-electron chi connectivity index (χ0n) is 16.0. The van der Waals surface area contributed by atoms with E-state index in [-0.39, 0.29) is 29.4 Å². The maximum Gasteiger partial charge on any atom is 0.317 e. The van der Waals surface area contributed by atoms with Crippen LogP contribution in [0.2, 0.25) is 0 Å². The van der Waals surface area contributed by atoms with Gasteiger partial charge in [0.05, 0.1) is 6.04 Å². The molecular formula is C18H34N4O2. The Morgan fingerprint density at radius 2 is 1.42 bits per heavy atom. The van der Waals surface area contributed by atoms with E-state index in [2.05, 4.69) is 31.0 Å². The van der Waals surface area contributed by atoms with Crippen molar-refractivity contribution >= 4 is 11.9 Å². The second kappa shape index (κ2) is 7.72. The number of carbonyl (C=O) groups is 2. The minimum absolute atomic E-state index is 0.00981. The van der Waals surface area contributed by atoms with E-state index in [0.29, 0.717) is 13.1 Å². The number of amides is 3. The van der Waals surface area contributed by atoms with Crippen LogP contribution in [0.4, 0.5) is 4.79 Å². The molecule has 2 aliphatic rings. The number of likely N-dealkylation sites (tertiary alicyclic amines) is 1. The van der Waals surface area contributed by atoms with Crippen molar-refractivity contribution < 1.29 is 9.59 Å². The number of nitrogens with zero attached hydrogens (tertiary/aromatic N) is 3. The van der Waals surface area contributed by atoms with Gasteiger partial charge in [-0.15, -0.1) is 0 Å². The SMILES string of the molecule is C[C@@H](C(=O)N1CCCC1)N1CCN(C(=O)N[C@H](C)C(C)(C)C)CC1.